The molecule has 1 aliphatic carbocycles. The van der Waals surface area contributed by atoms with Crippen LogP contribution in [0.5, 0.6) is 0 Å². The predicted molar refractivity (Wildman–Crippen MR) is 93.6 cm³/mol. The lowest BCUT2D eigenvalue weighted by Crippen LogP contribution is -2.25. The van der Waals surface area contributed by atoms with Crippen molar-refractivity contribution >= 4 is 33.8 Å². The van der Waals surface area contributed by atoms with Gasteiger partial charge in [0.15, 0.2) is 0 Å². The van der Waals surface area contributed by atoms with Crippen LogP contribution < -0.4 is 10.6 Å². The molecule has 4 aromatic rings. The summed E-state index contributed by atoms with van der Waals surface area (Å²) in [6.45, 7) is 0. The van der Waals surface area contributed by atoms with Crippen molar-refractivity contribution in [1.29, 1.82) is 0 Å². The lowest BCUT2D eigenvalue weighted by atomic mass is 10.1. The molecule has 1 aromatic heterocycles. The molecular weight excluding hydrogens is 266 g/mol. The molecule has 0 aliphatic heterocycles. The van der Waals surface area contributed by atoms with Crippen LogP contribution in [-0.4, -0.2) is 4.57 Å². The number of para-hydroxylation sites is 1. The molecule has 0 saturated heterocycles. The molecular formula is C21H15N. The lowest BCUT2D eigenvalue weighted by Gasteiger charge is -2.07. The molecule has 0 radical (unpaired) electrons. The van der Waals surface area contributed by atoms with Crippen LogP contribution in [0.4, 0.5) is 0 Å². The van der Waals surface area contributed by atoms with E-state index in [1.165, 1.54) is 37.9 Å². The largest absolute Gasteiger partial charge is 0.310 e. The maximum atomic E-state index is 2.39. The highest BCUT2D eigenvalue weighted by Gasteiger charge is 2.13. The first kappa shape index (κ1) is 11.8. The third-order valence-electron chi connectivity index (χ3n) is 4.58. The number of fused-ring (bicyclic) bond motifs is 5. The van der Waals surface area contributed by atoms with Crippen LogP contribution in [-0.2, 0) is 0 Å². The van der Waals surface area contributed by atoms with Gasteiger partial charge in [0.1, 0.15) is 0 Å². The number of benzene rings is 3. The van der Waals surface area contributed by atoms with Crippen LogP contribution in [0.25, 0.3) is 39.5 Å². The highest BCUT2D eigenvalue weighted by molar-refractivity contribution is 6.08. The van der Waals surface area contributed by atoms with Gasteiger partial charge < -0.3 is 4.57 Å². The summed E-state index contributed by atoms with van der Waals surface area (Å²) in [5, 5.41) is 6.75. The molecule has 5 rings (SSSR count). The Labute approximate surface area is 128 Å². The monoisotopic (exact) mass is 281 g/mol. The molecule has 104 valence electrons. The molecule has 3 aromatic carbocycles. The molecule has 1 heterocycles. The maximum absolute atomic E-state index is 2.39. The molecule has 0 amide bonds. The van der Waals surface area contributed by atoms with Crippen LogP contribution in [0.3, 0.4) is 0 Å². The molecule has 1 nitrogen and oxygen atoms in total. The van der Waals surface area contributed by atoms with Crippen LogP contribution in [0.15, 0.2) is 66.7 Å². The minimum atomic E-state index is 1.02. The second-order valence-corrected chi connectivity index (χ2v) is 5.79. The fraction of sp³-hybridized carbons (Fsp3) is 0.0476. The molecule has 0 atom stereocenters. The average Bonchev–Trinajstić information content (AvgIpc) is 3.15. The predicted octanol–water partition coefficient (Wildman–Crippen LogP) is 3.75. The topological polar surface area (TPSA) is 4.93 Å². The summed E-state index contributed by atoms with van der Waals surface area (Å²) in [7, 11) is 0. The van der Waals surface area contributed by atoms with Gasteiger partial charge in [0.25, 0.3) is 0 Å². The van der Waals surface area contributed by atoms with E-state index in [1.54, 1.807) is 0 Å². The Balaban J connectivity index is 2.06. The fourth-order valence-electron chi connectivity index (χ4n) is 3.66. The van der Waals surface area contributed by atoms with Gasteiger partial charge in [0, 0.05) is 16.3 Å². The molecule has 0 spiro atoms. The number of hydrogen-bond donors (Lipinski definition) is 0. The van der Waals surface area contributed by atoms with E-state index in [0.717, 1.165) is 6.42 Å². The second kappa shape index (κ2) is 4.35. The van der Waals surface area contributed by atoms with Gasteiger partial charge in [-0.05, 0) is 35.4 Å². The van der Waals surface area contributed by atoms with Gasteiger partial charge in [0.05, 0.1) is 10.9 Å². The van der Waals surface area contributed by atoms with Crippen molar-refractivity contribution in [3.05, 3.63) is 77.3 Å². The SMILES string of the molecule is C1=c2c(n(-c3ccccc3)c3ccc4ccccc4c23)=CC1. The maximum Gasteiger partial charge on any atom is 0.0547 e. The molecule has 0 N–H and O–H groups in total. The Morgan fingerprint density at radius 3 is 2.45 bits per heavy atom. The number of rotatable bonds is 1. The first-order valence-electron chi connectivity index (χ1n) is 7.71. The van der Waals surface area contributed by atoms with E-state index >= 15 is 0 Å². The van der Waals surface area contributed by atoms with Crippen molar-refractivity contribution in [2.24, 2.45) is 0 Å². The van der Waals surface area contributed by atoms with E-state index in [0.29, 0.717) is 0 Å². The zero-order chi connectivity index (χ0) is 14.5. The van der Waals surface area contributed by atoms with Crippen molar-refractivity contribution in [3.63, 3.8) is 0 Å². The second-order valence-electron chi connectivity index (χ2n) is 5.79. The zero-order valence-electron chi connectivity index (χ0n) is 12.2. The van der Waals surface area contributed by atoms with E-state index in [9.17, 15) is 0 Å². The number of aromatic nitrogens is 1. The third-order valence-corrected chi connectivity index (χ3v) is 4.58. The van der Waals surface area contributed by atoms with E-state index in [2.05, 4.69) is 83.4 Å². The number of hydrogen-bond acceptors (Lipinski definition) is 0. The zero-order valence-corrected chi connectivity index (χ0v) is 12.2. The molecule has 0 fully saturated rings. The van der Waals surface area contributed by atoms with E-state index < -0.39 is 0 Å². The minimum Gasteiger partial charge on any atom is -0.310 e. The molecule has 0 unspecified atom stereocenters. The van der Waals surface area contributed by atoms with Crippen molar-refractivity contribution in [2.75, 3.05) is 0 Å². The smallest absolute Gasteiger partial charge is 0.0547 e. The summed E-state index contributed by atoms with van der Waals surface area (Å²) in [6, 6.07) is 23.8. The van der Waals surface area contributed by atoms with Crippen molar-refractivity contribution in [2.45, 2.75) is 6.42 Å². The van der Waals surface area contributed by atoms with Crippen molar-refractivity contribution in [3.8, 4) is 5.69 Å². The van der Waals surface area contributed by atoms with Crippen LogP contribution in [0.1, 0.15) is 6.42 Å². The minimum absolute atomic E-state index is 1.02. The molecule has 0 bridgehead atoms. The fourth-order valence-corrected chi connectivity index (χ4v) is 3.66. The van der Waals surface area contributed by atoms with Gasteiger partial charge in [-0.3, -0.25) is 0 Å². The summed E-state index contributed by atoms with van der Waals surface area (Å²) in [5.41, 5.74) is 2.53. The average molecular weight is 281 g/mol. The Hall–Kier alpha value is -2.80. The highest BCUT2D eigenvalue weighted by Crippen LogP contribution is 2.24. The summed E-state index contributed by atoms with van der Waals surface area (Å²) in [4.78, 5) is 0. The summed E-state index contributed by atoms with van der Waals surface area (Å²) >= 11 is 0. The molecule has 0 saturated carbocycles. The van der Waals surface area contributed by atoms with Crippen LogP contribution >= 0.6 is 0 Å². The molecule has 1 heteroatoms. The van der Waals surface area contributed by atoms with E-state index in [4.69, 9.17) is 0 Å². The number of nitrogens with zero attached hydrogens (tertiary/aromatic N) is 1. The highest BCUT2D eigenvalue weighted by atomic mass is 15.0. The molecule has 1 aliphatic rings. The quantitative estimate of drug-likeness (QED) is 0.501. The Morgan fingerprint density at radius 2 is 1.55 bits per heavy atom. The first-order chi connectivity index (χ1) is 10.9. The summed E-state index contributed by atoms with van der Waals surface area (Å²) in [5.74, 6) is 0. The lowest BCUT2D eigenvalue weighted by molar-refractivity contribution is 1.07. The Kier molecular flexibility index (Phi) is 2.33. The van der Waals surface area contributed by atoms with Gasteiger partial charge in [-0.15, -0.1) is 0 Å². The van der Waals surface area contributed by atoms with E-state index in [-0.39, 0.29) is 0 Å². The normalized spacial score (nSPS) is 13.1. The Bertz CT molecular complexity index is 1130. The van der Waals surface area contributed by atoms with Gasteiger partial charge in [-0.2, -0.15) is 0 Å². The Morgan fingerprint density at radius 1 is 0.727 bits per heavy atom. The van der Waals surface area contributed by atoms with Crippen LogP contribution in [0.2, 0.25) is 0 Å². The first-order valence-corrected chi connectivity index (χ1v) is 7.71. The van der Waals surface area contributed by atoms with Crippen molar-refractivity contribution in [1.82, 2.24) is 4.57 Å². The summed E-state index contributed by atoms with van der Waals surface area (Å²) in [6.07, 6.45) is 5.71. The van der Waals surface area contributed by atoms with Gasteiger partial charge in [-0.25, -0.2) is 0 Å². The van der Waals surface area contributed by atoms with Crippen LogP contribution in [0, 0.1) is 0 Å². The summed E-state index contributed by atoms with van der Waals surface area (Å²) < 4.78 is 2.39. The molecule has 22 heavy (non-hydrogen) atoms. The van der Waals surface area contributed by atoms with Gasteiger partial charge >= 0.3 is 0 Å². The third kappa shape index (κ3) is 1.48. The van der Waals surface area contributed by atoms with Gasteiger partial charge in [0.2, 0.25) is 0 Å². The standard InChI is InChI=1S/C21H15N/c1-2-8-16(9-3-1)22-19-12-6-11-18(19)21-17-10-5-4-7-15(17)13-14-20(21)22/h1-5,7-14H,6H2. The van der Waals surface area contributed by atoms with E-state index in [1.807, 2.05) is 0 Å². The van der Waals surface area contributed by atoms with Crippen molar-refractivity contribution < 1.29 is 0 Å². The van der Waals surface area contributed by atoms with Gasteiger partial charge in [-0.1, -0.05) is 60.7 Å².